The zero-order chi connectivity index (χ0) is 41.5. The van der Waals surface area contributed by atoms with Crippen molar-refractivity contribution in [3.63, 3.8) is 0 Å². The highest BCUT2D eigenvalue weighted by molar-refractivity contribution is 5.30. The molecule has 0 unspecified atom stereocenters. The molecule has 0 amide bonds. The maximum absolute atomic E-state index is 2.34. The van der Waals surface area contributed by atoms with E-state index in [1.807, 2.05) is 0 Å². The van der Waals surface area contributed by atoms with Crippen LogP contribution >= 0.6 is 0 Å². The molecule has 0 N–H and O–H groups in total. The van der Waals surface area contributed by atoms with Gasteiger partial charge in [-0.3, -0.25) is 0 Å². The van der Waals surface area contributed by atoms with Gasteiger partial charge in [-0.2, -0.15) is 0 Å². The van der Waals surface area contributed by atoms with E-state index in [2.05, 4.69) is 208 Å². The van der Waals surface area contributed by atoms with Crippen molar-refractivity contribution in [3.05, 3.63) is 142 Å². The Morgan fingerprint density at radius 2 is 0.818 bits per heavy atom. The minimum atomic E-state index is 0.645. The monoisotopic (exact) mass is 747 g/mol. The van der Waals surface area contributed by atoms with Gasteiger partial charge in [-0.05, 0) is 130 Å². The van der Waals surface area contributed by atoms with Crippen LogP contribution in [0.15, 0.2) is 97.1 Å². The maximum atomic E-state index is 2.34. The summed E-state index contributed by atoms with van der Waals surface area (Å²) in [6, 6.07) is 35.9. The standard InChI is InChI=1S/C15H24.C14H22.2C13H20/c1-12(2)8-7-10-14-9-5-6-11-15(14)13(3)4;1-11(2)5-6-13-7-9-14(10-8-13)12(3)4;1-10(2)9-12-5-7-13(8-6-12)11(3)4;1-10(2)8-12-6-5-7-13(9-12)11(3)4/h5-6,9,11-13H,7-8,10H2,1-4H3;7-12H,5-6H2,1-4H3;5-8,10-11H,9H2,1-4H3;5-7,9-11H,8H2,1-4H3. The smallest absolute Gasteiger partial charge is 0.0216 e. The van der Waals surface area contributed by atoms with Crippen molar-refractivity contribution in [2.24, 2.45) is 23.7 Å². The lowest BCUT2D eigenvalue weighted by Gasteiger charge is -2.12. The average molecular weight is 747 g/mol. The number of hydrogen-bond donors (Lipinski definition) is 0. The number of rotatable bonds is 15. The molecule has 0 aliphatic rings. The van der Waals surface area contributed by atoms with Crippen LogP contribution in [0.4, 0.5) is 0 Å². The molecule has 4 aromatic carbocycles. The molecule has 0 radical (unpaired) electrons. The number of aryl methyl sites for hydroxylation is 2. The molecular formula is C55H86. The lowest BCUT2D eigenvalue weighted by molar-refractivity contribution is 0.554. The molecule has 4 rings (SSSR count). The highest BCUT2D eigenvalue weighted by Crippen LogP contribution is 2.22. The van der Waals surface area contributed by atoms with E-state index in [4.69, 9.17) is 0 Å². The van der Waals surface area contributed by atoms with Crippen LogP contribution in [0.3, 0.4) is 0 Å². The fraction of sp³-hybridized carbons (Fsp3) is 0.564. The van der Waals surface area contributed by atoms with Crippen molar-refractivity contribution in [2.75, 3.05) is 0 Å². The molecule has 0 bridgehead atoms. The Labute approximate surface area is 343 Å². The van der Waals surface area contributed by atoms with Crippen LogP contribution in [0.5, 0.6) is 0 Å². The molecule has 0 heterocycles. The van der Waals surface area contributed by atoms with E-state index in [-0.39, 0.29) is 0 Å². The van der Waals surface area contributed by atoms with Gasteiger partial charge in [0.1, 0.15) is 0 Å². The van der Waals surface area contributed by atoms with Crippen molar-refractivity contribution in [1.82, 2.24) is 0 Å². The fourth-order valence-corrected chi connectivity index (χ4v) is 6.61. The van der Waals surface area contributed by atoms with Gasteiger partial charge in [0.2, 0.25) is 0 Å². The summed E-state index contributed by atoms with van der Waals surface area (Å²) < 4.78 is 0. The van der Waals surface area contributed by atoms with Crippen molar-refractivity contribution in [3.8, 4) is 0 Å². The summed E-state index contributed by atoms with van der Waals surface area (Å²) in [5.74, 6) is 5.73. The molecule has 0 aliphatic carbocycles. The Bertz CT molecular complexity index is 1510. The van der Waals surface area contributed by atoms with E-state index in [0.717, 1.165) is 23.7 Å². The van der Waals surface area contributed by atoms with Gasteiger partial charge in [0.15, 0.2) is 0 Å². The second kappa shape index (κ2) is 27.5. The third kappa shape index (κ3) is 22.9. The van der Waals surface area contributed by atoms with Crippen LogP contribution in [-0.2, 0) is 25.7 Å². The summed E-state index contributed by atoms with van der Waals surface area (Å²) in [5, 5.41) is 0. The van der Waals surface area contributed by atoms with Gasteiger partial charge in [0.25, 0.3) is 0 Å². The molecular weight excluding hydrogens is 661 g/mol. The van der Waals surface area contributed by atoms with Crippen molar-refractivity contribution in [1.29, 1.82) is 0 Å². The van der Waals surface area contributed by atoms with E-state index >= 15 is 0 Å². The van der Waals surface area contributed by atoms with Gasteiger partial charge in [-0.25, -0.2) is 0 Å². The Kier molecular flexibility index (Phi) is 24.9. The predicted octanol–water partition coefficient (Wildman–Crippen LogP) is 17.2. The topological polar surface area (TPSA) is 0 Å². The first-order valence-electron chi connectivity index (χ1n) is 22.2. The second-order valence-electron chi connectivity index (χ2n) is 19.0. The average Bonchev–Trinajstić information content (AvgIpc) is 3.11. The lowest BCUT2D eigenvalue weighted by atomic mass is 9.93. The lowest BCUT2D eigenvalue weighted by Crippen LogP contribution is -1.97. The zero-order valence-corrected chi connectivity index (χ0v) is 38.8. The van der Waals surface area contributed by atoms with Crippen molar-refractivity contribution in [2.45, 2.75) is 179 Å². The van der Waals surface area contributed by atoms with Crippen LogP contribution in [0.25, 0.3) is 0 Å². The van der Waals surface area contributed by atoms with Crippen LogP contribution in [0, 0.1) is 23.7 Å². The van der Waals surface area contributed by atoms with Crippen molar-refractivity contribution >= 4 is 0 Å². The number of benzene rings is 4. The molecule has 0 aromatic heterocycles. The third-order valence-corrected chi connectivity index (χ3v) is 10.1. The van der Waals surface area contributed by atoms with Crippen LogP contribution in [0.2, 0.25) is 0 Å². The third-order valence-electron chi connectivity index (χ3n) is 10.1. The minimum Gasteiger partial charge on any atom is -0.0628 e. The Morgan fingerprint density at radius 1 is 0.345 bits per heavy atom. The summed E-state index contributed by atoms with van der Waals surface area (Å²) in [4.78, 5) is 0. The van der Waals surface area contributed by atoms with Gasteiger partial charge in [-0.15, -0.1) is 0 Å². The minimum absolute atomic E-state index is 0.645. The molecule has 0 saturated heterocycles. The highest BCUT2D eigenvalue weighted by Gasteiger charge is 2.06. The van der Waals surface area contributed by atoms with Crippen molar-refractivity contribution < 1.29 is 0 Å². The Hall–Kier alpha value is -3.12. The van der Waals surface area contributed by atoms with E-state index < -0.39 is 0 Å². The molecule has 0 nitrogen and oxygen atoms in total. The van der Waals surface area contributed by atoms with Crippen LogP contribution < -0.4 is 0 Å². The first kappa shape index (κ1) is 49.9. The molecule has 0 aliphatic heterocycles. The first-order chi connectivity index (χ1) is 25.9. The molecule has 0 spiro atoms. The molecule has 0 saturated carbocycles. The number of hydrogen-bond acceptors (Lipinski definition) is 0. The summed E-state index contributed by atoms with van der Waals surface area (Å²) in [6.45, 7) is 36.2. The van der Waals surface area contributed by atoms with Gasteiger partial charge in [0.05, 0.1) is 0 Å². The Morgan fingerprint density at radius 3 is 1.27 bits per heavy atom. The SMILES string of the molecule is CC(C)CCCc1ccccc1C(C)C.CC(C)CCc1ccc(C(C)C)cc1.CC(C)Cc1ccc(C(C)C)cc1.CC(C)Cc1cccc(C(C)C)c1. The second-order valence-corrected chi connectivity index (χ2v) is 19.0. The van der Waals surface area contributed by atoms with Gasteiger partial charge < -0.3 is 0 Å². The van der Waals surface area contributed by atoms with E-state index in [9.17, 15) is 0 Å². The zero-order valence-electron chi connectivity index (χ0n) is 38.8. The highest BCUT2D eigenvalue weighted by atomic mass is 14.1. The summed E-state index contributed by atoms with van der Waals surface area (Å²) in [7, 11) is 0. The summed E-state index contributed by atoms with van der Waals surface area (Å²) >= 11 is 0. The molecule has 4 aromatic rings. The largest absolute Gasteiger partial charge is 0.0628 e. The van der Waals surface area contributed by atoms with E-state index in [1.54, 1.807) is 5.56 Å². The molecule has 0 heteroatoms. The molecule has 55 heavy (non-hydrogen) atoms. The van der Waals surface area contributed by atoms with Crippen LogP contribution in [-0.4, -0.2) is 0 Å². The molecule has 306 valence electrons. The van der Waals surface area contributed by atoms with Gasteiger partial charge >= 0.3 is 0 Å². The van der Waals surface area contributed by atoms with Crippen LogP contribution in [0.1, 0.15) is 198 Å². The van der Waals surface area contributed by atoms with E-state index in [1.165, 1.54) is 83.9 Å². The summed E-state index contributed by atoms with van der Waals surface area (Å²) in [6.07, 6.45) is 8.80. The maximum Gasteiger partial charge on any atom is -0.0216 e. The summed E-state index contributed by atoms with van der Waals surface area (Å²) in [5.41, 5.74) is 11.8. The predicted molar refractivity (Wildman–Crippen MR) is 250 cm³/mol. The quantitative estimate of drug-likeness (QED) is 0.114. The molecule has 0 fully saturated rings. The molecule has 0 atom stereocenters. The van der Waals surface area contributed by atoms with E-state index in [0.29, 0.717) is 23.7 Å². The van der Waals surface area contributed by atoms with Gasteiger partial charge in [-0.1, -0.05) is 214 Å². The van der Waals surface area contributed by atoms with Gasteiger partial charge in [0, 0.05) is 0 Å². The normalized spacial score (nSPS) is 11.3. The first-order valence-corrected chi connectivity index (χ1v) is 22.2. The Balaban J connectivity index is 0.000000367. The fourth-order valence-electron chi connectivity index (χ4n) is 6.61.